The molecule has 1 aliphatic rings. The van der Waals surface area contributed by atoms with E-state index in [0.29, 0.717) is 0 Å². The number of rotatable bonds is 2. The van der Waals surface area contributed by atoms with E-state index in [4.69, 9.17) is 0 Å². The minimum Gasteiger partial charge on any atom is -0.356 e. The Morgan fingerprint density at radius 2 is 1.76 bits per heavy atom. The molecule has 94 valence electrons. The Bertz CT molecular complexity index is 398. The van der Waals surface area contributed by atoms with E-state index in [1.807, 2.05) is 6.20 Å². The first-order valence-corrected chi connectivity index (χ1v) is 6.54. The summed E-state index contributed by atoms with van der Waals surface area (Å²) >= 11 is 0. The first-order valence-electron chi connectivity index (χ1n) is 6.54. The standard InChI is InChI=1S/C15H24N2/c1-14(2,3)15(4,5)12-7-8-16-13(11-12)17-9-6-10-17/h7-8,11H,6,9-10H2,1-5H3. The van der Waals surface area contributed by atoms with Gasteiger partial charge in [0.2, 0.25) is 0 Å². The summed E-state index contributed by atoms with van der Waals surface area (Å²) in [7, 11) is 0. The molecule has 0 amide bonds. The van der Waals surface area contributed by atoms with Crippen LogP contribution in [0.15, 0.2) is 18.3 Å². The summed E-state index contributed by atoms with van der Waals surface area (Å²) in [5, 5.41) is 0. The molecule has 1 fully saturated rings. The van der Waals surface area contributed by atoms with Gasteiger partial charge in [-0.3, -0.25) is 0 Å². The zero-order valence-electron chi connectivity index (χ0n) is 11.7. The highest BCUT2D eigenvalue weighted by Crippen LogP contribution is 2.41. The van der Waals surface area contributed by atoms with Crippen molar-refractivity contribution in [2.75, 3.05) is 18.0 Å². The van der Waals surface area contributed by atoms with Crippen LogP contribution in [0.2, 0.25) is 0 Å². The van der Waals surface area contributed by atoms with Gasteiger partial charge in [0.1, 0.15) is 5.82 Å². The second-order valence-corrected chi connectivity index (χ2v) is 6.62. The maximum Gasteiger partial charge on any atom is 0.128 e. The normalized spacial score (nSPS) is 16.9. The average Bonchev–Trinajstić information content (AvgIpc) is 2.13. The lowest BCUT2D eigenvalue weighted by atomic mass is 9.65. The number of anilines is 1. The molecule has 0 unspecified atom stereocenters. The van der Waals surface area contributed by atoms with Gasteiger partial charge in [0.15, 0.2) is 0 Å². The minimum absolute atomic E-state index is 0.162. The first-order chi connectivity index (χ1) is 7.82. The van der Waals surface area contributed by atoms with Crippen LogP contribution >= 0.6 is 0 Å². The molecule has 0 radical (unpaired) electrons. The summed E-state index contributed by atoms with van der Waals surface area (Å²) < 4.78 is 0. The zero-order valence-corrected chi connectivity index (χ0v) is 11.7. The maximum atomic E-state index is 4.48. The van der Waals surface area contributed by atoms with E-state index >= 15 is 0 Å². The van der Waals surface area contributed by atoms with Crippen molar-refractivity contribution in [3.05, 3.63) is 23.9 Å². The van der Waals surface area contributed by atoms with Crippen LogP contribution in [0.4, 0.5) is 5.82 Å². The summed E-state index contributed by atoms with van der Waals surface area (Å²) in [6.07, 6.45) is 3.26. The van der Waals surface area contributed by atoms with E-state index in [0.717, 1.165) is 18.9 Å². The molecule has 2 rings (SSSR count). The third-order valence-electron chi connectivity index (χ3n) is 4.52. The highest BCUT2D eigenvalue weighted by atomic mass is 15.2. The molecular formula is C15H24N2. The van der Waals surface area contributed by atoms with Crippen LogP contribution in [0.3, 0.4) is 0 Å². The minimum atomic E-state index is 0.162. The van der Waals surface area contributed by atoms with Gasteiger partial charge in [-0.15, -0.1) is 0 Å². The first kappa shape index (κ1) is 12.4. The second kappa shape index (κ2) is 4.01. The molecule has 0 aromatic carbocycles. The molecule has 1 aromatic heterocycles. The third-order valence-corrected chi connectivity index (χ3v) is 4.52. The molecule has 2 nitrogen and oxygen atoms in total. The van der Waals surface area contributed by atoms with Crippen molar-refractivity contribution in [2.45, 2.75) is 46.5 Å². The molecule has 0 atom stereocenters. The number of hydrogen-bond acceptors (Lipinski definition) is 2. The van der Waals surface area contributed by atoms with Crippen molar-refractivity contribution in [3.8, 4) is 0 Å². The van der Waals surface area contributed by atoms with Crippen molar-refractivity contribution in [1.82, 2.24) is 4.98 Å². The highest BCUT2D eigenvalue weighted by Gasteiger charge is 2.34. The van der Waals surface area contributed by atoms with Gasteiger partial charge in [-0.05, 0) is 34.9 Å². The van der Waals surface area contributed by atoms with Gasteiger partial charge in [-0.1, -0.05) is 34.6 Å². The molecule has 2 heterocycles. The quantitative estimate of drug-likeness (QED) is 0.774. The topological polar surface area (TPSA) is 16.1 Å². The number of nitrogens with zero attached hydrogens (tertiary/aromatic N) is 2. The van der Waals surface area contributed by atoms with Crippen LogP contribution in [0.25, 0.3) is 0 Å². The van der Waals surface area contributed by atoms with Gasteiger partial charge < -0.3 is 4.90 Å². The Labute approximate surface area is 105 Å². The van der Waals surface area contributed by atoms with Crippen molar-refractivity contribution < 1.29 is 0 Å². The number of aromatic nitrogens is 1. The van der Waals surface area contributed by atoms with Crippen molar-refractivity contribution in [2.24, 2.45) is 5.41 Å². The van der Waals surface area contributed by atoms with Crippen LogP contribution in [-0.4, -0.2) is 18.1 Å². The zero-order chi connectivity index (χ0) is 12.7. The lowest BCUT2D eigenvalue weighted by Gasteiger charge is -2.40. The summed E-state index contributed by atoms with van der Waals surface area (Å²) in [6.45, 7) is 13.9. The van der Waals surface area contributed by atoms with E-state index in [1.54, 1.807) is 0 Å². The van der Waals surface area contributed by atoms with Crippen LogP contribution < -0.4 is 4.90 Å². The van der Waals surface area contributed by atoms with E-state index in [2.05, 4.69) is 56.6 Å². The third kappa shape index (κ3) is 2.18. The number of hydrogen-bond donors (Lipinski definition) is 0. The molecule has 0 N–H and O–H groups in total. The Balaban J connectivity index is 2.32. The van der Waals surface area contributed by atoms with E-state index in [1.165, 1.54) is 12.0 Å². The fourth-order valence-corrected chi connectivity index (χ4v) is 1.96. The van der Waals surface area contributed by atoms with Gasteiger partial charge in [0.05, 0.1) is 0 Å². The predicted molar refractivity (Wildman–Crippen MR) is 73.5 cm³/mol. The molecule has 2 heteroatoms. The molecule has 1 aliphatic heterocycles. The van der Waals surface area contributed by atoms with Crippen LogP contribution in [0, 0.1) is 5.41 Å². The van der Waals surface area contributed by atoms with Gasteiger partial charge >= 0.3 is 0 Å². The molecule has 0 bridgehead atoms. The molecule has 0 aliphatic carbocycles. The smallest absolute Gasteiger partial charge is 0.128 e. The highest BCUT2D eigenvalue weighted by molar-refractivity contribution is 5.45. The maximum absolute atomic E-state index is 4.48. The second-order valence-electron chi connectivity index (χ2n) is 6.62. The monoisotopic (exact) mass is 232 g/mol. The lowest BCUT2D eigenvalue weighted by Crippen LogP contribution is -2.38. The van der Waals surface area contributed by atoms with Gasteiger partial charge in [0, 0.05) is 19.3 Å². The summed E-state index contributed by atoms with van der Waals surface area (Å²) in [6, 6.07) is 4.43. The number of pyridine rings is 1. The Morgan fingerprint density at radius 1 is 1.12 bits per heavy atom. The molecule has 0 spiro atoms. The van der Waals surface area contributed by atoms with Gasteiger partial charge in [-0.2, -0.15) is 0 Å². The molecule has 1 saturated heterocycles. The molecular weight excluding hydrogens is 208 g/mol. The van der Waals surface area contributed by atoms with Crippen LogP contribution in [0.5, 0.6) is 0 Å². The van der Waals surface area contributed by atoms with Crippen LogP contribution in [-0.2, 0) is 5.41 Å². The van der Waals surface area contributed by atoms with E-state index < -0.39 is 0 Å². The SMILES string of the molecule is CC(C)(C)C(C)(C)c1ccnc(N2CCC2)c1. The Kier molecular flexibility index (Phi) is 2.92. The summed E-state index contributed by atoms with van der Waals surface area (Å²) in [4.78, 5) is 6.83. The average molecular weight is 232 g/mol. The van der Waals surface area contributed by atoms with Crippen LogP contribution in [0.1, 0.15) is 46.6 Å². The van der Waals surface area contributed by atoms with Gasteiger partial charge in [-0.25, -0.2) is 4.98 Å². The van der Waals surface area contributed by atoms with E-state index in [-0.39, 0.29) is 10.8 Å². The van der Waals surface area contributed by atoms with E-state index in [9.17, 15) is 0 Å². The Hall–Kier alpha value is -1.05. The summed E-state index contributed by atoms with van der Waals surface area (Å²) in [5.74, 6) is 1.14. The Morgan fingerprint density at radius 3 is 2.24 bits per heavy atom. The van der Waals surface area contributed by atoms with Crippen molar-refractivity contribution >= 4 is 5.82 Å². The molecule has 17 heavy (non-hydrogen) atoms. The molecule has 1 aromatic rings. The van der Waals surface area contributed by atoms with Crippen molar-refractivity contribution in [3.63, 3.8) is 0 Å². The fraction of sp³-hybridized carbons (Fsp3) is 0.667. The lowest BCUT2D eigenvalue weighted by molar-refractivity contribution is 0.225. The van der Waals surface area contributed by atoms with Gasteiger partial charge in [0.25, 0.3) is 0 Å². The largest absolute Gasteiger partial charge is 0.356 e. The molecule has 0 saturated carbocycles. The summed E-state index contributed by atoms with van der Waals surface area (Å²) in [5.41, 5.74) is 1.80. The van der Waals surface area contributed by atoms with Crippen molar-refractivity contribution in [1.29, 1.82) is 0 Å². The fourth-order valence-electron chi connectivity index (χ4n) is 1.96. The predicted octanol–water partition coefficient (Wildman–Crippen LogP) is 3.62.